The number of anilines is 1. The van der Waals surface area contributed by atoms with Crippen molar-refractivity contribution in [2.45, 2.75) is 51.7 Å². The molecule has 1 aromatic rings. The molecule has 1 heterocycles. The van der Waals surface area contributed by atoms with Crippen LogP contribution in [-0.4, -0.2) is 27.5 Å². The van der Waals surface area contributed by atoms with E-state index in [0.29, 0.717) is 16.9 Å². The van der Waals surface area contributed by atoms with E-state index in [4.69, 9.17) is 0 Å². The Balaban J connectivity index is 1.96. The van der Waals surface area contributed by atoms with Crippen molar-refractivity contribution in [3.63, 3.8) is 0 Å². The smallest absolute Gasteiger partial charge is 0.283 e. The van der Waals surface area contributed by atoms with E-state index in [2.05, 4.69) is 26.3 Å². The molecule has 1 saturated carbocycles. The molecule has 0 atom stereocenters. The van der Waals surface area contributed by atoms with E-state index >= 15 is 0 Å². The fourth-order valence-corrected chi connectivity index (χ4v) is 3.01. The highest BCUT2D eigenvalue weighted by atomic mass is 79.9. The molecule has 1 aliphatic carbocycles. The van der Waals surface area contributed by atoms with Gasteiger partial charge in [-0.2, -0.15) is 5.10 Å². The number of aliphatic hydroxyl groups excluding tert-OH is 1. The number of hydrogen-bond acceptors (Lipinski definition) is 4. The minimum Gasteiger partial charge on any atom is -0.393 e. The van der Waals surface area contributed by atoms with Gasteiger partial charge in [-0.15, -0.1) is 0 Å². The van der Waals surface area contributed by atoms with Crippen LogP contribution in [0.4, 0.5) is 5.69 Å². The molecule has 112 valence electrons. The standard InChI is InChI=1S/C14H22BrN3O2/c1-2-7-18-14(20)13(15)12(9-17-18)16-8-10-3-5-11(19)6-4-10/h9-11,16,19H,2-8H2,1H3. The average molecular weight is 344 g/mol. The quantitative estimate of drug-likeness (QED) is 0.861. The number of aromatic nitrogens is 2. The zero-order valence-electron chi connectivity index (χ0n) is 11.8. The summed E-state index contributed by atoms with van der Waals surface area (Å²) in [5, 5.41) is 17.0. The van der Waals surface area contributed by atoms with E-state index in [1.165, 1.54) is 4.68 Å². The lowest BCUT2D eigenvalue weighted by atomic mass is 9.87. The molecule has 20 heavy (non-hydrogen) atoms. The molecular formula is C14H22BrN3O2. The number of nitrogens with one attached hydrogen (secondary N) is 1. The SMILES string of the molecule is CCCn1ncc(NCC2CCC(O)CC2)c(Br)c1=O. The van der Waals surface area contributed by atoms with Crippen LogP contribution in [0, 0.1) is 5.92 Å². The van der Waals surface area contributed by atoms with Gasteiger partial charge in [0, 0.05) is 13.1 Å². The van der Waals surface area contributed by atoms with E-state index in [-0.39, 0.29) is 11.7 Å². The molecule has 0 saturated heterocycles. The van der Waals surface area contributed by atoms with Gasteiger partial charge >= 0.3 is 0 Å². The Morgan fingerprint density at radius 2 is 2.15 bits per heavy atom. The lowest BCUT2D eigenvalue weighted by Gasteiger charge is -2.25. The Morgan fingerprint density at radius 3 is 2.80 bits per heavy atom. The summed E-state index contributed by atoms with van der Waals surface area (Å²) in [6.07, 6.45) is 6.29. The van der Waals surface area contributed by atoms with Crippen molar-refractivity contribution in [2.75, 3.05) is 11.9 Å². The summed E-state index contributed by atoms with van der Waals surface area (Å²) < 4.78 is 2.03. The van der Waals surface area contributed by atoms with E-state index in [1.54, 1.807) is 6.20 Å². The van der Waals surface area contributed by atoms with Gasteiger partial charge < -0.3 is 10.4 Å². The fraction of sp³-hybridized carbons (Fsp3) is 0.714. The van der Waals surface area contributed by atoms with Gasteiger partial charge in [0.25, 0.3) is 5.56 Å². The van der Waals surface area contributed by atoms with Crippen molar-refractivity contribution < 1.29 is 5.11 Å². The third-order valence-electron chi connectivity index (χ3n) is 3.82. The maximum atomic E-state index is 12.1. The molecule has 1 aliphatic rings. The van der Waals surface area contributed by atoms with E-state index in [1.807, 2.05) is 6.92 Å². The molecule has 5 nitrogen and oxygen atoms in total. The summed E-state index contributed by atoms with van der Waals surface area (Å²) in [6, 6.07) is 0. The average Bonchev–Trinajstić information content (AvgIpc) is 2.45. The topological polar surface area (TPSA) is 67.2 Å². The molecule has 1 aromatic heterocycles. The Kier molecular flexibility index (Phi) is 5.60. The molecular weight excluding hydrogens is 322 g/mol. The van der Waals surface area contributed by atoms with Crippen molar-refractivity contribution in [3.8, 4) is 0 Å². The van der Waals surface area contributed by atoms with Crippen molar-refractivity contribution in [3.05, 3.63) is 21.0 Å². The summed E-state index contributed by atoms with van der Waals surface area (Å²) in [6.45, 7) is 3.48. The van der Waals surface area contributed by atoms with E-state index in [9.17, 15) is 9.90 Å². The summed E-state index contributed by atoms with van der Waals surface area (Å²) >= 11 is 3.36. The minimum atomic E-state index is -0.127. The first-order chi connectivity index (χ1) is 9.61. The zero-order valence-corrected chi connectivity index (χ0v) is 13.4. The highest BCUT2D eigenvalue weighted by molar-refractivity contribution is 9.10. The third kappa shape index (κ3) is 3.82. The van der Waals surface area contributed by atoms with Crippen LogP contribution in [0.2, 0.25) is 0 Å². The van der Waals surface area contributed by atoms with Gasteiger partial charge in [-0.25, -0.2) is 4.68 Å². The Labute approximate surface area is 127 Å². The Bertz CT molecular complexity index is 496. The van der Waals surface area contributed by atoms with Gasteiger partial charge in [-0.05, 0) is 54.0 Å². The maximum Gasteiger partial charge on any atom is 0.283 e. The number of aryl methyl sites for hydroxylation is 1. The van der Waals surface area contributed by atoms with Crippen LogP contribution in [0.5, 0.6) is 0 Å². The van der Waals surface area contributed by atoms with Crippen LogP contribution < -0.4 is 10.9 Å². The van der Waals surface area contributed by atoms with E-state index < -0.39 is 0 Å². The van der Waals surface area contributed by atoms with Crippen LogP contribution in [-0.2, 0) is 6.54 Å². The molecule has 0 aliphatic heterocycles. The predicted molar refractivity (Wildman–Crippen MR) is 82.9 cm³/mol. The van der Waals surface area contributed by atoms with Gasteiger partial charge in [-0.1, -0.05) is 6.92 Å². The van der Waals surface area contributed by atoms with Crippen molar-refractivity contribution in [2.24, 2.45) is 5.92 Å². The van der Waals surface area contributed by atoms with Crippen LogP contribution in [0.1, 0.15) is 39.0 Å². The van der Waals surface area contributed by atoms with Crippen molar-refractivity contribution >= 4 is 21.6 Å². The summed E-state index contributed by atoms with van der Waals surface area (Å²) in [7, 11) is 0. The van der Waals surface area contributed by atoms with Gasteiger partial charge in [0.15, 0.2) is 0 Å². The molecule has 0 aromatic carbocycles. The second-order valence-electron chi connectivity index (χ2n) is 5.46. The molecule has 2 rings (SSSR count). The summed E-state index contributed by atoms with van der Waals surface area (Å²) in [5.74, 6) is 0.559. The molecule has 6 heteroatoms. The van der Waals surface area contributed by atoms with E-state index in [0.717, 1.165) is 44.3 Å². The highest BCUT2D eigenvalue weighted by Crippen LogP contribution is 2.25. The lowest BCUT2D eigenvalue weighted by Crippen LogP contribution is -2.27. The number of halogens is 1. The Hall–Kier alpha value is -0.880. The fourth-order valence-electron chi connectivity index (χ4n) is 2.56. The number of rotatable bonds is 5. The third-order valence-corrected chi connectivity index (χ3v) is 4.58. The summed E-state index contributed by atoms with van der Waals surface area (Å²) in [5.41, 5.74) is 0.671. The largest absolute Gasteiger partial charge is 0.393 e. The summed E-state index contributed by atoms with van der Waals surface area (Å²) in [4.78, 5) is 12.1. The van der Waals surface area contributed by atoms with Crippen molar-refractivity contribution in [1.29, 1.82) is 0 Å². The zero-order chi connectivity index (χ0) is 14.5. The number of nitrogens with zero attached hydrogens (tertiary/aromatic N) is 2. The molecule has 2 N–H and O–H groups in total. The molecule has 0 radical (unpaired) electrons. The second-order valence-corrected chi connectivity index (χ2v) is 6.25. The van der Waals surface area contributed by atoms with Crippen LogP contribution in [0.25, 0.3) is 0 Å². The normalized spacial score (nSPS) is 22.8. The predicted octanol–water partition coefficient (Wildman–Crippen LogP) is 2.38. The van der Waals surface area contributed by atoms with Gasteiger partial charge in [0.05, 0.1) is 18.0 Å². The molecule has 0 amide bonds. The van der Waals surface area contributed by atoms with Crippen LogP contribution in [0.15, 0.2) is 15.5 Å². The molecule has 1 fully saturated rings. The number of aliphatic hydroxyl groups is 1. The van der Waals surface area contributed by atoms with Gasteiger partial charge in [0.2, 0.25) is 0 Å². The first-order valence-electron chi connectivity index (χ1n) is 7.29. The first-order valence-corrected chi connectivity index (χ1v) is 8.08. The van der Waals surface area contributed by atoms with Gasteiger partial charge in [0.1, 0.15) is 4.47 Å². The number of hydrogen-bond donors (Lipinski definition) is 2. The molecule has 0 spiro atoms. The maximum absolute atomic E-state index is 12.1. The lowest BCUT2D eigenvalue weighted by molar-refractivity contribution is 0.111. The molecule has 0 bridgehead atoms. The first kappa shape index (κ1) is 15.5. The monoisotopic (exact) mass is 343 g/mol. The van der Waals surface area contributed by atoms with Gasteiger partial charge in [-0.3, -0.25) is 4.79 Å². The minimum absolute atomic E-state index is 0.0871. The molecule has 0 unspecified atom stereocenters. The van der Waals surface area contributed by atoms with Crippen LogP contribution in [0.3, 0.4) is 0 Å². The Morgan fingerprint density at radius 1 is 1.45 bits per heavy atom. The second kappa shape index (κ2) is 7.22. The van der Waals surface area contributed by atoms with Crippen molar-refractivity contribution in [1.82, 2.24) is 9.78 Å². The highest BCUT2D eigenvalue weighted by Gasteiger charge is 2.19. The van der Waals surface area contributed by atoms with Crippen LogP contribution >= 0.6 is 15.9 Å².